The molecule has 0 saturated heterocycles. The minimum atomic E-state index is -0.0691. The van der Waals surface area contributed by atoms with Gasteiger partial charge in [-0.3, -0.25) is 4.79 Å². The zero-order chi connectivity index (χ0) is 19.0. The second-order valence-corrected chi connectivity index (χ2v) is 7.53. The maximum Gasteiger partial charge on any atom is 0.240 e. The summed E-state index contributed by atoms with van der Waals surface area (Å²) in [5, 5.41) is 4.97. The van der Waals surface area contributed by atoms with Gasteiger partial charge in [-0.05, 0) is 18.6 Å². The van der Waals surface area contributed by atoms with Crippen LogP contribution < -0.4 is 5.43 Å². The third-order valence-corrected chi connectivity index (χ3v) is 5.05. The van der Waals surface area contributed by atoms with Gasteiger partial charge in [-0.1, -0.05) is 100 Å². The summed E-state index contributed by atoms with van der Waals surface area (Å²) in [6.45, 7) is 2.25. The molecule has 0 aliphatic rings. The molecule has 0 saturated carbocycles. The van der Waals surface area contributed by atoms with Gasteiger partial charge in [0.05, 0.1) is 16.3 Å². The molecule has 3 nitrogen and oxygen atoms in total. The lowest BCUT2D eigenvalue weighted by Crippen LogP contribution is -2.16. The zero-order valence-electron chi connectivity index (χ0n) is 15.9. The second kappa shape index (κ2) is 15.0. The highest BCUT2D eigenvalue weighted by atomic mass is 35.5. The Bertz CT molecular complexity index is 527. The molecule has 0 heterocycles. The van der Waals surface area contributed by atoms with Crippen molar-refractivity contribution in [1.82, 2.24) is 5.43 Å². The maximum absolute atomic E-state index is 11.8. The van der Waals surface area contributed by atoms with E-state index >= 15 is 0 Å². The van der Waals surface area contributed by atoms with Gasteiger partial charge < -0.3 is 0 Å². The number of amides is 1. The highest BCUT2D eigenvalue weighted by Gasteiger charge is 2.03. The van der Waals surface area contributed by atoms with Crippen LogP contribution in [0.25, 0.3) is 0 Å². The fraction of sp³-hybridized carbons (Fsp3) is 0.619. The number of carbonyl (C=O) groups is 1. The van der Waals surface area contributed by atoms with Crippen molar-refractivity contribution < 1.29 is 4.79 Å². The first-order valence-corrected chi connectivity index (χ1v) is 10.7. The van der Waals surface area contributed by atoms with Crippen LogP contribution in [0.1, 0.15) is 89.5 Å². The van der Waals surface area contributed by atoms with Gasteiger partial charge in [0.25, 0.3) is 0 Å². The van der Waals surface area contributed by atoms with E-state index in [-0.39, 0.29) is 5.91 Å². The molecule has 1 N–H and O–H groups in total. The van der Waals surface area contributed by atoms with E-state index in [1.807, 2.05) is 0 Å². The quantitative estimate of drug-likeness (QED) is 0.202. The molecule has 26 heavy (non-hydrogen) atoms. The Kier molecular flexibility index (Phi) is 13.3. The van der Waals surface area contributed by atoms with E-state index in [4.69, 9.17) is 23.2 Å². The van der Waals surface area contributed by atoms with Crippen LogP contribution in [-0.4, -0.2) is 12.1 Å². The number of hydrogen-bond donors (Lipinski definition) is 1. The van der Waals surface area contributed by atoms with Gasteiger partial charge in [-0.2, -0.15) is 5.10 Å². The highest BCUT2D eigenvalue weighted by molar-refractivity contribution is 6.38. The Balaban J connectivity index is 2.01. The molecule has 0 spiro atoms. The summed E-state index contributed by atoms with van der Waals surface area (Å²) in [6.07, 6.45) is 16.0. The molecule has 0 aromatic heterocycles. The minimum Gasteiger partial charge on any atom is -0.273 e. The largest absolute Gasteiger partial charge is 0.273 e. The predicted octanol–water partition coefficient (Wildman–Crippen LogP) is 7.14. The first-order chi connectivity index (χ1) is 12.6. The van der Waals surface area contributed by atoms with Gasteiger partial charge in [-0.25, -0.2) is 5.43 Å². The maximum atomic E-state index is 11.8. The molecule has 0 bridgehead atoms. The molecule has 1 rings (SSSR count). The SMILES string of the molecule is CCCCCCCCCCCCCC(=O)NN=Cc1c(Cl)cccc1Cl. The topological polar surface area (TPSA) is 41.5 Å². The molecule has 0 aliphatic carbocycles. The smallest absolute Gasteiger partial charge is 0.240 e. The molecule has 0 radical (unpaired) electrons. The molecule has 0 aliphatic heterocycles. The molecular weight excluding hydrogens is 367 g/mol. The van der Waals surface area contributed by atoms with Crippen LogP contribution in [0.15, 0.2) is 23.3 Å². The van der Waals surface area contributed by atoms with Crippen molar-refractivity contribution in [2.45, 2.75) is 84.0 Å². The van der Waals surface area contributed by atoms with Crippen LogP contribution in [0.5, 0.6) is 0 Å². The summed E-state index contributed by atoms with van der Waals surface area (Å²) in [7, 11) is 0. The monoisotopic (exact) mass is 398 g/mol. The molecule has 0 atom stereocenters. The van der Waals surface area contributed by atoms with Crippen molar-refractivity contribution >= 4 is 35.3 Å². The Morgan fingerprint density at radius 3 is 1.96 bits per heavy atom. The van der Waals surface area contributed by atoms with Crippen molar-refractivity contribution in [2.75, 3.05) is 0 Å². The number of unbranched alkanes of at least 4 members (excludes halogenated alkanes) is 10. The number of nitrogens with one attached hydrogen (secondary N) is 1. The molecule has 1 aromatic carbocycles. The standard InChI is InChI=1S/C21H32Cl2N2O/c1-2-3-4-5-6-7-8-9-10-11-12-16-21(26)25-24-17-18-19(22)14-13-15-20(18)23/h13-15,17H,2-12,16H2,1H3,(H,25,26). The van der Waals surface area contributed by atoms with Crippen LogP contribution in [0.3, 0.4) is 0 Å². The van der Waals surface area contributed by atoms with Crippen molar-refractivity contribution in [3.63, 3.8) is 0 Å². The minimum absolute atomic E-state index is 0.0691. The summed E-state index contributed by atoms with van der Waals surface area (Å²) < 4.78 is 0. The van der Waals surface area contributed by atoms with E-state index in [1.165, 1.54) is 64.0 Å². The summed E-state index contributed by atoms with van der Waals surface area (Å²) in [5.41, 5.74) is 3.15. The van der Waals surface area contributed by atoms with E-state index in [0.29, 0.717) is 22.0 Å². The van der Waals surface area contributed by atoms with Crippen molar-refractivity contribution in [3.05, 3.63) is 33.8 Å². The van der Waals surface area contributed by atoms with E-state index < -0.39 is 0 Å². The molecule has 0 fully saturated rings. The number of rotatable bonds is 14. The summed E-state index contributed by atoms with van der Waals surface area (Å²) in [6, 6.07) is 5.25. The Morgan fingerprint density at radius 1 is 0.923 bits per heavy atom. The van der Waals surface area contributed by atoms with Gasteiger partial charge in [0, 0.05) is 12.0 Å². The number of hydrogen-bond acceptors (Lipinski definition) is 2. The van der Waals surface area contributed by atoms with Gasteiger partial charge in [-0.15, -0.1) is 0 Å². The third kappa shape index (κ3) is 10.8. The van der Waals surface area contributed by atoms with E-state index in [2.05, 4.69) is 17.5 Å². The number of hydrazone groups is 1. The molecule has 0 unspecified atom stereocenters. The highest BCUT2D eigenvalue weighted by Crippen LogP contribution is 2.22. The second-order valence-electron chi connectivity index (χ2n) is 6.71. The average molecular weight is 399 g/mol. The Labute approximate surface area is 168 Å². The molecule has 1 amide bonds. The van der Waals surface area contributed by atoms with Gasteiger partial charge >= 0.3 is 0 Å². The number of nitrogens with zero attached hydrogens (tertiary/aromatic N) is 1. The number of benzene rings is 1. The van der Waals surface area contributed by atoms with Gasteiger partial charge in [0.2, 0.25) is 5.91 Å². The average Bonchev–Trinajstić information content (AvgIpc) is 2.62. The summed E-state index contributed by atoms with van der Waals surface area (Å²) in [4.78, 5) is 11.8. The van der Waals surface area contributed by atoms with E-state index in [1.54, 1.807) is 18.2 Å². The molecule has 5 heteroatoms. The predicted molar refractivity (Wildman–Crippen MR) is 113 cm³/mol. The van der Waals surface area contributed by atoms with Crippen LogP contribution in [0.2, 0.25) is 10.0 Å². The van der Waals surface area contributed by atoms with E-state index in [0.717, 1.165) is 12.8 Å². The first-order valence-electron chi connectivity index (χ1n) is 9.91. The van der Waals surface area contributed by atoms with E-state index in [9.17, 15) is 4.79 Å². The zero-order valence-corrected chi connectivity index (χ0v) is 17.4. The summed E-state index contributed by atoms with van der Waals surface area (Å²) >= 11 is 12.1. The summed E-state index contributed by atoms with van der Waals surface area (Å²) in [5.74, 6) is -0.0691. The fourth-order valence-corrected chi connectivity index (χ4v) is 3.30. The fourth-order valence-electron chi connectivity index (χ4n) is 2.81. The lowest BCUT2D eigenvalue weighted by atomic mass is 10.1. The normalized spacial score (nSPS) is 11.2. The number of carbonyl (C=O) groups excluding carboxylic acids is 1. The van der Waals surface area contributed by atoms with Crippen LogP contribution >= 0.6 is 23.2 Å². The van der Waals surface area contributed by atoms with Crippen molar-refractivity contribution in [3.8, 4) is 0 Å². The molecule has 146 valence electrons. The lowest BCUT2D eigenvalue weighted by molar-refractivity contribution is -0.121. The Hall–Kier alpha value is -1.06. The van der Waals surface area contributed by atoms with Crippen molar-refractivity contribution in [1.29, 1.82) is 0 Å². The number of halogens is 2. The van der Waals surface area contributed by atoms with Gasteiger partial charge in [0.1, 0.15) is 0 Å². The van der Waals surface area contributed by atoms with Crippen LogP contribution in [0.4, 0.5) is 0 Å². The van der Waals surface area contributed by atoms with Crippen molar-refractivity contribution in [2.24, 2.45) is 5.10 Å². The first kappa shape index (κ1) is 23.0. The van der Waals surface area contributed by atoms with Crippen LogP contribution in [-0.2, 0) is 4.79 Å². The van der Waals surface area contributed by atoms with Crippen LogP contribution in [0, 0.1) is 0 Å². The third-order valence-electron chi connectivity index (χ3n) is 4.39. The Morgan fingerprint density at radius 2 is 1.42 bits per heavy atom. The van der Waals surface area contributed by atoms with Gasteiger partial charge in [0.15, 0.2) is 0 Å². The lowest BCUT2D eigenvalue weighted by Gasteiger charge is -2.03. The molecule has 1 aromatic rings. The molecular formula is C21H32Cl2N2O.